The second kappa shape index (κ2) is 11.9. The molecule has 13 heteroatoms. The van der Waals surface area contributed by atoms with Crippen LogP contribution in [-0.2, 0) is 4.79 Å². The first kappa shape index (κ1) is 29.7. The Hall–Kier alpha value is -4.75. The van der Waals surface area contributed by atoms with Gasteiger partial charge in [-0.2, -0.15) is 0 Å². The number of nitrogens with one attached hydrogen (secondary N) is 1. The molecule has 1 aromatic heterocycles. The van der Waals surface area contributed by atoms with Crippen molar-refractivity contribution in [3.8, 4) is 17.2 Å². The van der Waals surface area contributed by atoms with Crippen molar-refractivity contribution in [2.45, 2.75) is 27.7 Å². The van der Waals surface area contributed by atoms with Gasteiger partial charge in [0.2, 0.25) is 5.75 Å². The van der Waals surface area contributed by atoms with Gasteiger partial charge >= 0.3 is 5.69 Å². The molecule has 43 heavy (non-hydrogen) atoms. The molecule has 5 rings (SSSR count). The van der Waals surface area contributed by atoms with E-state index in [9.17, 15) is 25.0 Å². The number of halogens is 1. The Balaban J connectivity index is 1.37. The number of carbonyl (C=O) groups excluding carboxylic acids is 1. The summed E-state index contributed by atoms with van der Waals surface area (Å²) in [4.78, 5) is 38.9. The van der Waals surface area contributed by atoms with Crippen LogP contribution in [0.15, 0.2) is 75.0 Å². The number of hydrogen-bond donors (Lipinski definition) is 1. The van der Waals surface area contributed by atoms with Crippen LogP contribution in [-0.4, -0.2) is 25.5 Å². The minimum atomic E-state index is -0.723. The SMILES string of the molecule is Cc1cc(N=C2NC(=O)/C(=C/c3cc(C)n(-c4ccc(Oc5ccc([N+](=O)[O-])cc5[N+](=O)[O-])cc4)c3C)S2)cc(C)c1Br. The molecule has 2 heterocycles. The summed E-state index contributed by atoms with van der Waals surface area (Å²) in [6.45, 7) is 7.89. The first-order chi connectivity index (χ1) is 20.4. The molecule has 1 fully saturated rings. The van der Waals surface area contributed by atoms with E-state index in [1.165, 1.54) is 17.8 Å². The number of amides is 1. The molecule has 0 radical (unpaired) electrons. The molecule has 0 spiro atoms. The van der Waals surface area contributed by atoms with Crippen molar-refractivity contribution in [3.05, 3.63) is 118 Å². The van der Waals surface area contributed by atoms with Gasteiger partial charge in [-0.05, 0) is 111 Å². The van der Waals surface area contributed by atoms with Gasteiger partial charge in [-0.3, -0.25) is 25.0 Å². The number of rotatable bonds is 7. The third-order valence-electron chi connectivity index (χ3n) is 6.73. The summed E-state index contributed by atoms with van der Waals surface area (Å²) in [7, 11) is 0. The molecule has 1 amide bonds. The van der Waals surface area contributed by atoms with Gasteiger partial charge in [-0.25, -0.2) is 4.99 Å². The van der Waals surface area contributed by atoms with Gasteiger partial charge in [0.1, 0.15) is 5.75 Å². The van der Waals surface area contributed by atoms with E-state index in [2.05, 4.69) is 26.2 Å². The summed E-state index contributed by atoms with van der Waals surface area (Å²) in [6, 6.07) is 16.0. The summed E-state index contributed by atoms with van der Waals surface area (Å²) < 4.78 is 8.74. The molecule has 0 atom stereocenters. The number of nitrogens with zero attached hydrogens (tertiary/aromatic N) is 4. The highest BCUT2D eigenvalue weighted by molar-refractivity contribution is 9.10. The van der Waals surface area contributed by atoms with E-state index in [1.54, 1.807) is 24.3 Å². The Morgan fingerprint density at radius 3 is 2.26 bits per heavy atom. The normalized spacial score (nSPS) is 14.8. The number of ether oxygens (including phenoxy) is 1. The molecule has 1 N–H and O–H groups in total. The van der Waals surface area contributed by atoms with E-state index in [0.29, 0.717) is 15.8 Å². The maximum Gasteiger partial charge on any atom is 0.318 e. The molecule has 218 valence electrons. The third kappa shape index (κ3) is 6.22. The second-order valence-electron chi connectivity index (χ2n) is 9.80. The number of nitro benzene ring substituents is 2. The van der Waals surface area contributed by atoms with Crippen LogP contribution in [0.4, 0.5) is 17.1 Å². The zero-order valence-electron chi connectivity index (χ0n) is 23.4. The van der Waals surface area contributed by atoms with Crippen molar-refractivity contribution >= 4 is 61.9 Å². The number of hydrogen-bond acceptors (Lipinski definition) is 8. The quantitative estimate of drug-likeness (QED) is 0.120. The van der Waals surface area contributed by atoms with Gasteiger partial charge in [0.05, 0.1) is 26.5 Å². The van der Waals surface area contributed by atoms with Crippen LogP contribution in [0.3, 0.4) is 0 Å². The molecule has 3 aromatic carbocycles. The fourth-order valence-corrected chi connectivity index (χ4v) is 5.76. The molecule has 0 saturated carbocycles. The minimum Gasteiger partial charge on any atom is -0.450 e. The van der Waals surface area contributed by atoms with Crippen molar-refractivity contribution in [1.82, 2.24) is 9.88 Å². The highest BCUT2D eigenvalue weighted by Crippen LogP contribution is 2.36. The fourth-order valence-electron chi connectivity index (χ4n) is 4.70. The molecule has 0 aliphatic carbocycles. The lowest BCUT2D eigenvalue weighted by Gasteiger charge is -2.11. The zero-order valence-corrected chi connectivity index (χ0v) is 25.8. The number of aliphatic imine (C=N–C) groups is 1. The summed E-state index contributed by atoms with van der Waals surface area (Å²) in [5.74, 6) is -0.000279. The third-order valence-corrected chi connectivity index (χ3v) is 8.89. The fraction of sp³-hybridized carbons (Fsp3) is 0.133. The van der Waals surface area contributed by atoms with Gasteiger partial charge in [0, 0.05) is 27.6 Å². The molecular formula is C30H24BrN5O6S. The van der Waals surface area contributed by atoms with E-state index in [0.717, 1.165) is 56.1 Å². The van der Waals surface area contributed by atoms with E-state index >= 15 is 0 Å². The van der Waals surface area contributed by atoms with Gasteiger partial charge in [0.15, 0.2) is 5.17 Å². The van der Waals surface area contributed by atoms with Crippen molar-refractivity contribution in [3.63, 3.8) is 0 Å². The van der Waals surface area contributed by atoms with Crippen LogP contribution in [0.1, 0.15) is 28.1 Å². The Morgan fingerprint density at radius 1 is 0.953 bits per heavy atom. The highest BCUT2D eigenvalue weighted by Gasteiger charge is 2.25. The van der Waals surface area contributed by atoms with E-state index < -0.39 is 21.2 Å². The molecule has 0 bridgehead atoms. The standard InChI is InChI=1S/C30H24BrN5O6S/c1-16-11-21(12-17(2)28(16)31)32-30-33-29(37)27(43-30)14-20-13-18(3)34(19(20)4)22-5-8-24(9-6-22)42-26-10-7-23(35(38)39)15-25(26)36(40)41/h5-15H,1-4H3,(H,32,33,37)/b27-14-. The van der Waals surface area contributed by atoms with Crippen molar-refractivity contribution in [2.75, 3.05) is 0 Å². The average Bonchev–Trinajstić information content (AvgIpc) is 3.44. The average molecular weight is 663 g/mol. The molecular weight excluding hydrogens is 638 g/mol. The van der Waals surface area contributed by atoms with Gasteiger partial charge < -0.3 is 14.6 Å². The maximum atomic E-state index is 12.8. The number of carbonyl (C=O) groups is 1. The van der Waals surface area contributed by atoms with Crippen LogP contribution in [0.2, 0.25) is 0 Å². The first-order valence-corrected chi connectivity index (χ1v) is 14.5. The predicted molar refractivity (Wildman–Crippen MR) is 169 cm³/mol. The van der Waals surface area contributed by atoms with Crippen molar-refractivity contribution in [2.24, 2.45) is 4.99 Å². The van der Waals surface area contributed by atoms with Crippen molar-refractivity contribution in [1.29, 1.82) is 0 Å². The lowest BCUT2D eigenvalue weighted by molar-refractivity contribution is -0.394. The van der Waals surface area contributed by atoms with Gasteiger partial charge in [-0.15, -0.1) is 0 Å². The number of nitro groups is 2. The predicted octanol–water partition coefficient (Wildman–Crippen LogP) is 7.97. The Bertz CT molecular complexity index is 1860. The van der Waals surface area contributed by atoms with E-state index in [-0.39, 0.29) is 11.7 Å². The van der Waals surface area contributed by atoms with Gasteiger partial charge in [-0.1, -0.05) is 15.9 Å². The van der Waals surface area contributed by atoms with Gasteiger partial charge in [0.25, 0.3) is 11.6 Å². The van der Waals surface area contributed by atoms with E-state index in [4.69, 9.17) is 4.74 Å². The number of amidine groups is 1. The Labute approximate surface area is 258 Å². The summed E-state index contributed by atoms with van der Waals surface area (Å²) in [6.07, 6.45) is 1.84. The van der Waals surface area contributed by atoms with E-state index in [1.807, 2.05) is 56.5 Å². The minimum absolute atomic E-state index is 0.105. The van der Waals surface area contributed by atoms with Crippen molar-refractivity contribution < 1.29 is 19.4 Å². The molecule has 1 saturated heterocycles. The first-order valence-electron chi connectivity index (χ1n) is 12.9. The maximum absolute atomic E-state index is 12.8. The van der Waals surface area contributed by atoms with Crippen LogP contribution in [0, 0.1) is 47.9 Å². The molecule has 0 unspecified atom stereocenters. The smallest absolute Gasteiger partial charge is 0.318 e. The lowest BCUT2D eigenvalue weighted by atomic mass is 10.1. The molecule has 4 aromatic rings. The summed E-state index contributed by atoms with van der Waals surface area (Å²) in [5, 5.41) is 25.8. The number of aromatic nitrogens is 1. The number of non-ortho nitro benzene ring substituents is 1. The molecule has 1 aliphatic heterocycles. The Kier molecular flexibility index (Phi) is 8.20. The number of benzene rings is 3. The van der Waals surface area contributed by atoms with Crippen LogP contribution < -0.4 is 10.1 Å². The topological polar surface area (TPSA) is 142 Å². The van der Waals surface area contributed by atoms with Crippen LogP contribution in [0.25, 0.3) is 11.8 Å². The van der Waals surface area contributed by atoms with Crippen LogP contribution in [0.5, 0.6) is 11.5 Å². The number of aryl methyl sites for hydroxylation is 3. The monoisotopic (exact) mass is 661 g/mol. The Morgan fingerprint density at radius 2 is 1.63 bits per heavy atom. The zero-order chi connectivity index (χ0) is 31.0. The lowest BCUT2D eigenvalue weighted by Crippen LogP contribution is -2.19. The molecule has 11 nitrogen and oxygen atoms in total. The second-order valence-corrected chi connectivity index (χ2v) is 11.6. The largest absolute Gasteiger partial charge is 0.450 e. The summed E-state index contributed by atoms with van der Waals surface area (Å²) >= 11 is 4.84. The number of thioether (sulfide) groups is 1. The summed E-state index contributed by atoms with van der Waals surface area (Å²) in [5.41, 5.74) is 5.50. The molecule has 1 aliphatic rings. The highest BCUT2D eigenvalue weighted by atomic mass is 79.9. The van der Waals surface area contributed by atoms with Crippen LogP contribution >= 0.6 is 27.7 Å².